The minimum absolute atomic E-state index is 0.0704. The lowest BCUT2D eigenvalue weighted by atomic mass is 10.1. The van der Waals surface area contributed by atoms with Crippen LogP contribution in [-0.4, -0.2) is 26.9 Å². The van der Waals surface area contributed by atoms with E-state index in [4.69, 9.17) is 0 Å². The number of alkyl halides is 5. The first-order valence-electron chi connectivity index (χ1n) is 9.20. The minimum atomic E-state index is -4.86. The Balaban J connectivity index is 1.67. The number of fused-ring (bicyclic) bond motifs is 1. The maximum absolute atomic E-state index is 13.6. The number of aromatic nitrogens is 3. The van der Waals surface area contributed by atoms with E-state index in [2.05, 4.69) is 20.1 Å². The van der Waals surface area contributed by atoms with E-state index < -0.39 is 36.0 Å². The molecule has 0 aliphatic rings. The molecule has 2 aromatic heterocycles. The third kappa shape index (κ3) is 4.89. The van der Waals surface area contributed by atoms with Crippen LogP contribution in [0.2, 0.25) is 0 Å². The third-order valence-electron chi connectivity index (χ3n) is 4.45. The Labute approximate surface area is 181 Å². The SMILES string of the molecule is O=C(Nc1ccc(OC(F)(F)F)cc1)c1cnn2c(C(F)F)cc(-c3ccc(F)cc3)nc12. The molecule has 4 rings (SSSR count). The molecule has 12 heteroatoms. The van der Waals surface area contributed by atoms with Gasteiger partial charge in [-0.05, 0) is 54.6 Å². The van der Waals surface area contributed by atoms with Crippen molar-refractivity contribution in [3.8, 4) is 17.0 Å². The standard InChI is InChI=1S/C21H12F6N4O2/c22-12-3-1-11(2-4-12)16-9-17(18(23)24)31-19(30-16)15(10-28-31)20(32)29-13-5-7-14(8-6-13)33-21(25,26)27/h1-10,18H,(H,29,32). The Bertz CT molecular complexity index is 1300. The molecule has 0 aliphatic carbocycles. The molecule has 1 amide bonds. The summed E-state index contributed by atoms with van der Waals surface area (Å²) in [7, 11) is 0. The first-order valence-corrected chi connectivity index (χ1v) is 9.20. The summed E-state index contributed by atoms with van der Waals surface area (Å²) in [5.74, 6) is -1.79. The zero-order valence-electron chi connectivity index (χ0n) is 16.3. The number of amides is 1. The molecule has 0 saturated carbocycles. The minimum Gasteiger partial charge on any atom is -0.406 e. The van der Waals surface area contributed by atoms with Crippen LogP contribution in [0.3, 0.4) is 0 Å². The number of halogens is 6. The Morgan fingerprint density at radius 3 is 2.30 bits per heavy atom. The Hall–Kier alpha value is -4.09. The van der Waals surface area contributed by atoms with Crippen LogP contribution in [0.15, 0.2) is 60.8 Å². The maximum atomic E-state index is 13.6. The monoisotopic (exact) mass is 466 g/mol. The predicted octanol–water partition coefficient (Wildman–Crippen LogP) is 5.62. The molecule has 0 atom stereocenters. The molecule has 0 aliphatic heterocycles. The zero-order chi connectivity index (χ0) is 23.8. The maximum Gasteiger partial charge on any atom is 0.573 e. The first kappa shape index (κ1) is 22.1. The van der Waals surface area contributed by atoms with Gasteiger partial charge in [0.2, 0.25) is 0 Å². The number of hydrogen-bond donors (Lipinski definition) is 1. The summed E-state index contributed by atoms with van der Waals surface area (Å²) in [4.78, 5) is 17.0. The predicted molar refractivity (Wildman–Crippen MR) is 104 cm³/mol. The summed E-state index contributed by atoms with van der Waals surface area (Å²) in [6.45, 7) is 0. The fraction of sp³-hybridized carbons (Fsp3) is 0.0952. The van der Waals surface area contributed by atoms with Crippen molar-refractivity contribution in [3.63, 3.8) is 0 Å². The number of nitrogens with zero attached hydrogens (tertiary/aromatic N) is 3. The van der Waals surface area contributed by atoms with Crippen molar-refractivity contribution in [1.82, 2.24) is 14.6 Å². The highest BCUT2D eigenvalue weighted by Crippen LogP contribution is 2.28. The second-order valence-corrected chi connectivity index (χ2v) is 6.69. The van der Waals surface area contributed by atoms with Gasteiger partial charge in [-0.25, -0.2) is 22.7 Å². The number of carbonyl (C=O) groups excluding carboxylic acids is 1. The van der Waals surface area contributed by atoms with Gasteiger partial charge in [0.15, 0.2) is 5.65 Å². The van der Waals surface area contributed by atoms with Gasteiger partial charge in [0.25, 0.3) is 12.3 Å². The van der Waals surface area contributed by atoms with Crippen LogP contribution in [0.5, 0.6) is 5.75 Å². The number of benzene rings is 2. The number of nitrogens with one attached hydrogen (secondary N) is 1. The number of anilines is 1. The summed E-state index contributed by atoms with van der Waals surface area (Å²) in [5, 5.41) is 6.25. The van der Waals surface area contributed by atoms with Crippen LogP contribution in [0.25, 0.3) is 16.9 Å². The number of carbonyl (C=O) groups is 1. The third-order valence-corrected chi connectivity index (χ3v) is 4.45. The van der Waals surface area contributed by atoms with Gasteiger partial charge in [0.1, 0.15) is 22.8 Å². The largest absolute Gasteiger partial charge is 0.573 e. The normalized spacial score (nSPS) is 11.7. The second kappa shape index (κ2) is 8.45. The molecule has 6 nitrogen and oxygen atoms in total. The summed E-state index contributed by atoms with van der Waals surface area (Å²) in [6.07, 6.45) is -6.77. The van der Waals surface area contributed by atoms with Crippen LogP contribution in [0, 0.1) is 5.82 Å². The molecule has 0 unspecified atom stereocenters. The average molecular weight is 466 g/mol. The van der Waals surface area contributed by atoms with Crippen LogP contribution in [-0.2, 0) is 0 Å². The van der Waals surface area contributed by atoms with Crippen molar-refractivity contribution < 1.29 is 35.9 Å². The zero-order valence-corrected chi connectivity index (χ0v) is 16.3. The van der Waals surface area contributed by atoms with Gasteiger partial charge < -0.3 is 10.1 Å². The molecule has 0 bridgehead atoms. The molecule has 0 spiro atoms. The summed E-state index contributed by atoms with van der Waals surface area (Å²) in [6, 6.07) is 10.4. The van der Waals surface area contributed by atoms with Gasteiger partial charge in [-0.2, -0.15) is 5.10 Å². The fourth-order valence-electron chi connectivity index (χ4n) is 3.01. The Morgan fingerprint density at radius 1 is 1.03 bits per heavy atom. The first-order chi connectivity index (χ1) is 15.6. The molecular weight excluding hydrogens is 454 g/mol. The lowest BCUT2D eigenvalue weighted by molar-refractivity contribution is -0.274. The number of hydrogen-bond acceptors (Lipinski definition) is 4. The topological polar surface area (TPSA) is 68.5 Å². The van der Waals surface area contributed by atoms with Crippen LogP contribution < -0.4 is 10.1 Å². The van der Waals surface area contributed by atoms with Crippen molar-refractivity contribution >= 4 is 17.2 Å². The summed E-state index contributed by atoms with van der Waals surface area (Å²) >= 11 is 0. The van der Waals surface area contributed by atoms with Crippen LogP contribution >= 0.6 is 0 Å². The lowest BCUT2D eigenvalue weighted by Gasteiger charge is -2.10. The second-order valence-electron chi connectivity index (χ2n) is 6.69. The fourth-order valence-corrected chi connectivity index (χ4v) is 3.01. The molecule has 2 heterocycles. The molecule has 1 N–H and O–H groups in total. The Morgan fingerprint density at radius 2 is 1.70 bits per heavy atom. The average Bonchev–Trinajstić information content (AvgIpc) is 3.18. The van der Waals surface area contributed by atoms with E-state index in [0.717, 1.165) is 41.0 Å². The molecule has 4 aromatic rings. The highest BCUT2D eigenvalue weighted by Gasteiger charge is 2.31. The quantitative estimate of drug-likeness (QED) is 0.388. The van der Waals surface area contributed by atoms with E-state index in [0.29, 0.717) is 5.56 Å². The molecule has 2 aromatic carbocycles. The van der Waals surface area contributed by atoms with E-state index >= 15 is 0 Å². The van der Waals surface area contributed by atoms with E-state index in [9.17, 15) is 31.1 Å². The van der Waals surface area contributed by atoms with Crippen molar-refractivity contribution in [1.29, 1.82) is 0 Å². The van der Waals surface area contributed by atoms with E-state index in [-0.39, 0.29) is 22.6 Å². The highest BCUT2D eigenvalue weighted by molar-refractivity contribution is 6.08. The van der Waals surface area contributed by atoms with Gasteiger partial charge in [0, 0.05) is 11.3 Å². The van der Waals surface area contributed by atoms with E-state index in [1.54, 1.807) is 0 Å². The van der Waals surface area contributed by atoms with Gasteiger partial charge in [-0.1, -0.05) is 0 Å². The Kier molecular flexibility index (Phi) is 5.66. The van der Waals surface area contributed by atoms with Gasteiger partial charge in [0.05, 0.1) is 11.9 Å². The van der Waals surface area contributed by atoms with Crippen molar-refractivity contribution in [2.45, 2.75) is 12.8 Å². The molecular formula is C21H12F6N4O2. The van der Waals surface area contributed by atoms with Crippen LogP contribution in [0.1, 0.15) is 22.5 Å². The van der Waals surface area contributed by atoms with E-state index in [1.807, 2.05) is 0 Å². The molecule has 0 radical (unpaired) electrons. The van der Waals surface area contributed by atoms with Crippen molar-refractivity contribution in [2.75, 3.05) is 5.32 Å². The number of rotatable bonds is 5. The van der Waals surface area contributed by atoms with Gasteiger partial charge in [-0.15, -0.1) is 13.2 Å². The highest BCUT2D eigenvalue weighted by atomic mass is 19.4. The molecule has 0 fully saturated rings. The molecule has 0 saturated heterocycles. The van der Waals surface area contributed by atoms with Crippen LogP contribution in [0.4, 0.5) is 32.0 Å². The molecule has 33 heavy (non-hydrogen) atoms. The van der Waals surface area contributed by atoms with Gasteiger partial charge >= 0.3 is 6.36 Å². The molecule has 170 valence electrons. The van der Waals surface area contributed by atoms with Gasteiger partial charge in [-0.3, -0.25) is 4.79 Å². The van der Waals surface area contributed by atoms with Crippen molar-refractivity contribution in [3.05, 3.63) is 77.9 Å². The summed E-state index contributed by atoms with van der Waals surface area (Å²) < 4.78 is 81.9. The summed E-state index contributed by atoms with van der Waals surface area (Å²) in [5.41, 5.74) is -0.336. The lowest BCUT2D eigenvalue weighted by Crippen LogP contribution is -2.17. The number of ether oxygens (including phenoxy) is 1. The van der Waals surface area contributed by atoms with Crippen molar-refractivity contribution in [2.24, 2.45) is 0 Å². The van der Waals surface area contributed by atoms with E-state index in [1.165, 1.54) is 24.3 Å². The smallest absolute Gasteiger partial charge is 0.406 e.